The van der Waals surface area contributed by atoms with Gasteiger partial charge in [-0.1, -0.05) is 13.8 Å². The zero-order valence-electron chi connectivity index (χ0n) is 10.4. The summed E-state index contributed by atoms with van der Waals surface area (Å²) in [6.07, 6.45) is 5.16. The lowest BCUT2D eigenvalue weighted by Crippen LogP contribution is -2.09. The van der Waals surface area contributed by atoms with Crippen LogP contribution in [0.15, 0.2) is 36.8 Å². The summed E-state index contributed by atoms with van der Waals surface area (Å²) in [7, 11) is 0. The Balaban J connectivity index is 2.40. The molecule has 4 heteroatoms. The van der Waals surface area contributed by atoms with Crippen molar-refractivity contribution in [1.82, 2.24) is 15.0 Å². The second-order valence-electron chi connectivity index (χ2n) is 4.39. The molecule has 18 heavy (non-hydrogen) atoms. The van der Waals surface area contributed by atoms with Crippen molar-refractivity contribution in [3.8, 4) is 17.3 Å². The van der Waals surface area contributed by atoms with Gasteiger partial charge in [0, 0.05) is 24.2 Å². The highest BCUT2D eigenvalue weighted by Gasteiger charge is 2.18. The molecule has 1 unspecified atom stereocenters. The number of nitriles is 1. The number of pyridine rings is 1. The van der Waals surface area contributed by atoms with Crippen LogP contribution in [0.4, 0.5) is 0 Å². The van der Waals surface area contributed by atoms with Crippen LogP contribution in [0.1, 0.15) is 25.6 Å². The van der Waals surface area contributed by atoms with Crippen molar-refractivity contribution in [2.75, 3.05) is 0 Å². The first-order chi connectivity index (χ1) is 8.72. The Labute approximate surface area is 106 Å². The van der Waals surface area contributed by atoms with Crippen LogP contribution in [0.5, 0.6) is 0 Å². The fourth-order valence-electron chi connectivity index (χ4n) is 1.70. The summed E-state index contributed by atoms with van der Waals surface area (Å²) in [5.41, 5.74) is 1.73. The van der Waals surface area contributed by atoms with Gasteiger partial charge in [-0.05, 0) is 24.1 Å². The SMILES string of the molecule is CC(C)C(C#N)c1nccc(-c2cccnc2)n1. The molecule has 4 nitrogen and oxygen atoms in total. The van der Waals surface area contributed by atoms with E-state index in [1.165, 1.54) is 0 Å². The zero-order chi connectivity index (χ0) is 13.0. The lowest BCUT2D eigenvalue weighted by Gasteiger charge is -2.11. The molecule has 0 saturated heterocycles. The summed E-state index contributed by atoms with van der Waals surface area (Å²) in [6, 6.07) is 7.89. The van der Waals surface area contributed by atoms with Crippen LogP contribution in [-0.4, -0.2) is 15.0 Å². The van der Waals surface area contributed by atoms with E-state index in [-0.39, 0.29) is 11.8 Å². The lowest BCUT2D eigenvalue weighted by atomic mass is 9.96. The van der Waals surface area contributed by atoms with E-state index >= 15 is 0 Å². The molecule has 2 aromatic rings. The quantitative estimate of drug-likeness (QED) is 0.824. The van der Waals surface area contributed by atoms with Gasteiger partial charge < -0.3 is 0 Å². The summed E-state index contributed by atoms with van der Waals surface area (Å²) in [6.45, 7) is 3.99. The lowest BCUT2D eigenvalue weighted by molar-refractivity contribution is 0.562. The molecule has 0 N–H and O–H groups in total. The molecule has 0 bridgehead atoms. The van der Waals surface area contributed by atoms with Gasteiger partial charge in [0.15, 0.2) is 0 Å². The predicted molar refractivity (Wildman–Crippen MR) is 68.5 cm³/mol. The fourth-order valence-corrected chi connectivity index (χ4v) is 1.70. The van der Waals surface area contributed by atoms with Crippen molar-refractivity contribution in [2.24, 2.45) is 5.92 Å². The highest BCUT2D eigenvalue weighted by atomic mass is 14.9. The standard InChI is InChI=1S/C14H14N4/c1-10(2)12(8-15)14-17-7-5-13(18-14)11-4-3-6-16-9-11/h3-7,9-10,12H,1-2H3. The minimum absolute atomic E-state index is 0.194. The molecule has 2 heterocycles. The first-order valence-electron chi connectivity index (χ1n) is 5.85. The number of aromatic nitrogens is 3. The zero-order valence-corrected chi connectivity index (χ0v) is 10.4. The smallest absolute Gasteiger partial charge is 0.146 e. The first-order valence-corrected chi connectivity index (χ1v) is 5.85. The number of rotatable bonds is 3. The third-order valence-electron chi connectivity index (χ3n) is 2.72. The van der Waals surface area contributed by atoms with Crippen LogP contribution in [-0.2, 0) is 0 Å². The predicted octanol–water partition coefficient (Wildman–Crippen LogP) is 2.80. The molecule has 2 rings (SSSR count). The van der Waals surface area contributed by atoms with E-state index in [0.29, 0.717) is 5.82 Å². The van der Waals surface area contributed by atoms with Crippen LogP contribution in [0.3, 0.4) is 0 Å². The normalized spacial score (nSPS) is 12.1. The van der Waals surface area contributed by atoms with Crippen LogP contribution in [0.25, 0.3) is 11.3 Å². The molecule has 0 radical (unpaired) electrons. The molecule has 2 aromatic heterocycles. The second kappa shape index (κ2) is 5.37. The van der Waals surface area contributed by atoms with Crippen molar-refractivity contribution >= 4 is 0 Å². The Kier molecular flexibility index (Phi) is 3.63. The van der Waals surface area contributed by atoms with E-state index < -0.39 is 0 Å². The maximum absolute atomic E-state index is 9.17. The third kappa shape index (κ3) is 2.51. The average Bonchev–Trinajstić information content (AvgIpc) is 2.40. The van der Waals surface area contributed by atoms with Gasteiger partial charge in [0.25, 0.3) is 0 Å². The van der Waals surface area contributed by atoms with Crippen LogP contribution in [0, 0.1) is 17.2 Å². The molecule has 90 valence electrons. The minimum atomic E-state index is -0.276. The van der Waals surface area contributed by atoms with Gasteiger partial charge in [0.05, 0.1) is 11.8 Å². The topological polar surface area (TPSA) is 62.5 Å². The van der Waals surface area contributed by atoms with Gasteiger partial charge in [-0.25, -0.2) is 9.97 Å². The van der Waals surface area contributed by atoms with E-state index in [2.05, 4.69) is 21.0 Å². The van der Waals surface area contributed by atoms with E-state index in [0.717, 1.165) is 11.3 Å². The summed E-state index contributed by atoms with van der Waals surface area (Å²) in [5.74, 6) is 0.495. The summed E-state index contributed by atoms with van der Waals surface area (Å²) >= 11 is 0. The maximum Gasteiger partial charge on any atom is 0.146 e. The second-order valence-corrected chi connectivity index (χ2v) is 4.39. The molecule has 1 atom stereocenters. The molecule has 0 aliphatic carbocycles. The average molecular weight is 238 g/mol. The van der Waals surface area contributed by atoms with Crippen LogP contribution < -0.4 is 0 Å². The molecule has 0 fully saturated rings. The highest BCUT2D eigenvalue weighted by Crippen LogP contribution is 2.22. The highest BCUT2D eigenvalue weighted by molar-refractivity contribution is 5.57. The molecular formula is C14H14N4. The van der Waals surface area contributed by atoms with Crippen molar-refractivity contribution in [3.05, 3.63) is 42.6 Å². The Bertz CT molecular complexity index is 558. The van der Waals surface area contributed by atoms with Crippen molar-refractivity contribution in [1.29, 1.82) is 5.26 Å². The molecule has 0 aromatic carbocycles. The largest absolute Gasteiger partial charge is 0.264 e. The monoisotopic (exact) mass is 238 g/mol. The summed E-state index contributed by atoms with van der Waals surface area (Å²) in [5, 5.41) is 9.17. The van der Waals surface area contributed by atoms with Gasteiger partial charge in [-0.2, -0.15) is 5.26 Å². The molecule has 0 saturated carbocycles. The van der Waals surface area contributed by atoms with Gasteiger partial charge in [-0.3, -0.25) is 4.98 Å². The van der Waals surface area contributed by atoms with Crippen molar-refractivity contribution in [3.63, 3.8) is 0 Å². The molecule has 0 amide bonds. The van der Waals surface area contributed by atoms with Crippen molar-refractivity contribution < 1.29 is 0 Å². The summed E-state index contributed by atoms with van der Waals surface area (Å²) in [4.78, 5) is 12.7. The molecule has 0 aliphatic heterocycles. The van der Waals surface area contributed by atoms with E-state index in [1.807, 2.05) is 32.0 Å². The van der Waals surface area contributed by atoms with Gasteiger partial charge in [0.1, 0.15) is 11.7 Å². The summed E-state index contributed by atoms with van der Waals surface area (Å²) < 4.78 is 0. The van der Waals surface area contributed by atoms with E-state index in [1.54, 1.807) is 18.6 Å². The van der Waals surface area contributed by atoms with Crippen LogP contribution >= 0.6 is 0 Å². The molecule has 0 aliphatic rings. The van der Waals surface area contributed by atoms with E-state index in [9.17, 15) is 0 Å². The van der Waals surface area contributed by atoms with Gasteiger partial charge >= 0.3 is 0 Å². The number of hydrogen-bond acceptors (Lipinski definition) is 4. The Morgan fingerprint density at radius 1 is 1.22 bits per heavy atom. The third-order valence-corrected chi connectivity index (χ3v) is 2.72. The van der Waals surface area contributed by atoms with Gasteiger partial charge in [-0.15, -0.1) is 0 Å². The molecule has 0 spiro atoms. The first kappa shape index (κ1) is 12.2. The maximum atomic E-state index is 9.17. The number of hydrogen-bond donors (Lipinski definition) is 0. The fraction of sp³-hybridized carbons (Fsp3) is 0.286. The minimum Gasteiger partial charge on any atom is -0.264 e. The van der Waals surface area contributed by atoms with Crippen molar-refractivity contribution in [2.45, 2.75) is 19.8 Å². The van der Waals surface area contributed by atoms with E-state index in [4.69, 9.17) is 5.26 Å². The Hall–Kier alpha value is -2.28. The Morgan fingerprint density at radius 2 is 2.06 bits per heavy atom. The van der Waals surface area contributed by atoms with Crippen LogP contribution in [0.2, 0.25) is 0 Å². The van der Waals surface area contributed by atoms with Gasteiger partial charge in [0.2, 0.25) is 0 Å². The molecular weight excluding hydrogens is 224 g/mol. The number of nitrogens with zero attached hydrogens (tertiary/aromatic N) is 4. The Morgan fingerprint density at radius 3 is 2.67 bits per heavy atom.